The van der Waals surface area contributed by atoms with Gasteiger partial charge in [-0.2, -0.15) is 0 Å². The van der Waals surface area contributed by atoms with Crippen molar-refractivity contribution in [3.8, 4) is 5.75 Å². The third-order valence-electron chi connectivity index (χ3n) is 3.02. The van der Waals surface area contributed by atoms with E-state index in [4.69, 9.17) is 23.2 Å². The van der Waals surface area contributed by atoms with Gasteiger partial charge in [0.15, 0.2) is 0 Å². The van der Waals surface area contributed by atoms with Gasteiger partial charge in [0.05, 0.1) is 11.1 Å². The van der Waals surface area contributed by atoms with Crippen LogP contribution in [-0.4, -0.2) is 16.8 Å². The number of aliphatic hydroxyl groups excluding tert-OH is 1. The van der Waals surface area contributed by atoms with Crippen molar-refractivity contribution >= 4 is 23.2 Å². The van der Waals surface area contributed by atoms with E-state index in [-0.39, 0.29) is 23.1 Å². The van der Waals surface area contributed by atoms with Gasteiger partial charge in [0.1, 0.15) is 11.6 Å². The van der Waals surface area contributed by atoms with Gasteiger partial charge in [0.25, 0.3) is 0 Å². The summed E-state index contributed by atoms with van der Waals surface area (Å²) in [6, 6.07) is 8.68. The molecule has 0 aliphatic heterocycles. The van der Waals surface area contributed by atoms with Crippen molar-refractivity contribution in [3.63, 3.8) is 0 Å². The van der Waals surface area contributed by atoms with Gasteiger partial charge in [-0.05, 0) is 29.8 Å². The molecule has 0 saturated heterocycles. The molecule has 3 nitrogen and oxygen atoms in total. The van der Waals surface area contributed by atoms with Gasteiger partial charge in [0, 0.05) is 23.7 Å². The maximum absolute atomic E-state index is 12.8. The fourth-order valence-electron chi connectivity index (χ4n) is 1.90. The molecule has 2 rings (SSSR count). The molecule has 0 radical (unpaired) electrons. The van der Waals surface area contributed by atoms with Gasteiger partial charge in [-0.15, -0.1) is 0 Å². The molecule has 0 bridgehead atoms. The first kappa shape index (κ1) is 16.0. The Labute approximate surface area is 131 Å². The lowest BCUT2D eigenvalue weighted by Gasteiger charge is -2.13. The van der Waals surface area contributed by atoms with E-state index in [1.807, 2.05) is 0 Å². The molecule has 21 heavy (non-hydrogen) atoms. The highest BCUT2D eigenvalue weighted by Gasteiger charge is 2.10. The van der Waals surface area contributed by atoms with Gasteiger partial charge in [-0.3, -0.25) is 0 Å². The van der Waals surface area contributed by atoms with Gasteiger partial charge >= 0.3 is 0 Å². The van der Waals surface area contributed by atoms with Gasteiger partial charge in [0.2, 0.25) is 0 Å². The quantitative estimate of drug-likeness (QED) is 0.784. The maximum atomic E-state index is 12.8. The predicted molar refractivity (Wildman–Crippen MR) is 81.2 cm³/mol. The molecule has 0 aliphatic carbocycles. The van der Waals surface area contributed by atoms with E-state index in [0.29, 0.717) is 22.7 Å². The van der Waals surface area contributed by atoms with Crippen LogP contribution in [0.2, 0.25) is 10.0 Å². The molecule has 1 unspecified atom stereocenters. The summed E-state index contributed by atoms with van der Waals surface area (Å²) in [5.41, 5.74) is 1.15. The fourth-order valence-corrected chi connectivity index (χ4v) is 2.44. The van der Waals surface area contributed by atoms with Crippen LogP contribution < -0.4 is 5.32 Å². The van der Waals surface area contributed by atoms with Crippen molar-refractivity contribution < 1.29 is 14.6 Å². The van der Waals surface area contributed by atoms with Crippen molar-refractivity contribution in [2.75, 3.05) is 6.54 Å². The van der Waals surface area contributed by atoms with Crippen molar-refractivity contribution in [1.29, 1.82) is 0 Å². The zero-order chi connectivity index (χ0) is 15.4. The lowest BCUT2D eigenvalue weighted by molar-refractivity contribution is 0.174. The van der Waals surface area contributed by atoms with Crippen LogP contribution in [0.25, 0.3) is 0 Å². The van der Waals surface area contributed by atoms with Crippen LogP contribution in [0.4, 0.5) is 4.39 Å². The van der Waals surface area contributed by atoms with E-state index in [1.54, 1.807) is 6.07 Å². The highest BCUT2D eigenvalue weighted by atomic mass is 35.5. The smallest absolute Gasteiger partial charge is 0.138 e. The Morgan fingerprint density at radius 2 is 1.81 bits per heavy atom. The number of nitrogens with one attached hydrogen (secondary N) is 1. The standard InChI is InChI=1S/C15H14Cl2FNO2/c16-11-5-10(15(21)13(17)6-11)7-19-8-14(20)9-1-3-12(18)4-2-9/h1-6,14,19-21H,7-8H2. The summed E-state index contributed by atoms with van der Waals surface area (Å²) in [5.74, 6) is -0.387. The minimum absolute atomic E-state index is 0.0372. The number of rotatable bonds is 5. The molecule has 112 valence electrons. The molecule has 2 aromatic rings. The Balaban J connectivity index is 1.94. The van der Waals surface area contributed by atoms with Crippen molar-refractivity contribution in [2.45, 2.75) is 12.6 Å². The molecular formula is C15H14Cl2FNO2. The summed E-state index contributed by atoms with van der Waals surface area (Å²) in [6.07, 6.45) is -0.776. The zero-order valence-electron chi connectivity index (χ0n) is 11.0. The lowest BCUT2D eigenvalue weighted by atomic mass is 10.1. The number of hydrogen-bond donors (Lipinski definition) is 3. The molecule has 0 aromatic heterocycles. The molecule has 2 aromatic carbocycles. The first-order valence-electron chi connectivity index (χ1n) is 6.28. The zero-order valence-corrected chi connectivity index (χ0v) is 12.5. The molecule has 0 fully saturated rings. The van der Waals surface area contributed by atoms with Crippen LogP contribution in [0, 0.1) is 5.82 Å². The van der Waals surface area contributed by atoms with Crippen LogP contribution in [0.3, 0.4) is 0 Å². The number of phenols is 1. The maximum Gasteiger partial charge on any atom is 0.138 e. The second-order valence-electron chi connectivity index (χ2n) is 4.59. The number of halogens is 3. The highest BCUT2D eigenvalue weighted by Crippen LogP contribution is 2.31. The Hall–Kier alpha value is -1.33. The molecule has 0 amide bonds. The van der Waals surface area contributed by atoms with E-state index >= 15 is 0 Å². The molecule has 0 spiro atoms. The monoisotopic (exact) mass is 329 g/mol. The van der Waals surface area contributed by atoms with Crippen LogP contribution >= 0.6 is 23.2 Å². The second kappa shape index (κ2) is 7.09. The van der Waals surface area contributed by atoms with Crippen molar-refractivity contribution in [3.05, 3.63) is 63.4 Å². The summed E-state index contributed by atoms with van der Waals surface area (Å²) in [7, 11) is 0. The van der Waals surface area contributed by atoms with Crippen molar-refractivity contribution in [1.82, 2.24) is 5.32 Å². The Morgan fingerprint density at radius 1 is 1.14 bits per heavy atom. The van der Waals surface area contributed by atoms with Crippen LogP contribution in [0.1, 0.15) is 17.2 Å². The molecule has 0 aliphatic rings. The highest BCUT2D eigenvalue weighted by molar-refractivity contribution is 6.35. The summed E-state index contributed by atoms with van der Waals surface area (Å²) in [5, 5.41) is 23.4. The first-order valence-corrected chi connectivity index (χ1v) is 7.04. The molecule has 6 heteroatoms. The SMILES string of the molecule is Oc1c(Cl)cc(Cl)cc1CNCC(O)c1ccc(F)cc1. The van der Waals surface area contributed by atoms with E-state index in [0.717, 1.165) is 0 Å². The number of benzene rings is 2. The Morgan fingerprint density at radius 3 is 2.48 bits per heavy atom. The predicted octanol–water partition coefficient (Wildman–Crippen LogP) is 3.66. The average molecular weight is 330 g/mol. The Kier molecular flexibility index (Phi) is 5.42. The number of aromatic hydroxyl groups is 1. The fraction of sp³-hybridized carbons (Fsp3) is 0.200. The van der Waals surface area contributed by atoms with Crippen molar-refractivity contribution in [2.24, 2.45) is 0 Å². The van der Waals surface area contributed by atoms with E-state index in [2.05, 4.69) is 5.32 Å². The van der Waals surface area contributed by atoms with Crippen LogP contribution in [-0.2, 0) is 6.54 Å². The van der Waals surface area contributed by atoms with E-state index in [1.165, 1.54) is 30.3 Å². The van der Waals surface area contributed by atoms with Gasteiger partial charge < -0.3 is 15.5 Å². The molecule has 3 N–H and O–H groups in total. The summed E-state index contributed by atoms with van der Waals surface area (Å²) >= 11 is 11.7. The number of hydrogen-bond acceptors (Lipinski definition) is 3. The molecule has 1 atom stereocenters. The summed E-state index contributed by atoms with van der Waals surface area (Å²) in [4.78, 5) is 0. The largest absolute Gasteiger partial charge is 0.506 e. The van der Waals surface area contributed by atoms with E-state index in [9.17, 15) is 14.6 Å². The molecular weight excluding hydrogens is 316 g/mol. The number of phenolic OH excluding ortho intramolecular Hbond substituents is 1. The summed E-state index contributed by atoms with van der Waals surface area (Å²) in [6.45, 7) is 0.541. The Bertz CT molecular complexity index is 620. The molecule has 0 saturated carbocycles. The second-order valence-corrected chi connectivity index (χ2v) is 5.44. The van der Waals surface area contributed by atoms with E-state index < -0.39 is 6.10 Å². The lowest BCUT2D eigenvalue weighted by Crippen LogP contribution is -2.21. The third kappa shape index (κ3) is 4.32. The topological polar surface area (TPSA) is 52.5 Å². The normalized spacial score (nSPS) is 12.4. The number of aliphatic hydroxyl groups is 1. The summed E-state index contributed by atoms with van der Waals surface area (Å²) < 4.78 is 12.8. The van der Waals surface area contributed by atoms with Gasteiger partial charge in [-0.25, -0.2) is 4.39 Å². The third-order valence-corrected chi connectivity index (χ3v) is 3.52. The minimum Gasteiger partial charge on any atom is -0.506 e. The van der Waals surface area contributed by atoms with Crippen LogP contribution in [0.15, 0.2) is 36.4 Å². The van der Waals surface area contributed by atoms with Crippen LogP contribution in [0.5, 0.6) is 5.75 Å². The first-order chi connectivity index (χ1) is 9.97. The van der Waals surface area contributed by atoms with Gasteiger partial charge in [-0.1, -0.05) is 35.3 Å². The minimum atomic E-state index is -0.776. The average Bonchev–Trinajstić information content (AvgIpc) is 2.44. The molecule has 0 heterocycles.